The Bertz CT molecular complexity index is 412. The largest absolute Gasteiger partial charge is 0.633 e. The van der Waals surface area contributed by atoms with Crippen LogP contribution in [0.15, 0.2) is 0 Å². The first-order valence-electron chi connectivity index (χ1n) is 7.99. The molecule has 0 aromatic carbocycles. The van der Waals surface area contributed by atoms with E-state index in [0.717, 1.165) is 0 Å². The molecule has 9 atom stereocenters. The van der Waals surface area contributed by atoms with Crippen LogP contribution in [0.25, 0.3) is 0 Å². The quantitative estimate of drug-likeness (QED) is 0.217. The number of hydrogen-bond donors (Lipinski definition) is 6. The molecule has 142 valence electrons. The fraction of sp³-hybridized carbons (Fsp3) is 1.00. The number of rotatable bonds is 5. The molecule has 0 aromatic heterocycles. The zero-order chi connectivity index (χ0) is 18.1. The van der Waals surface area contributed by atoms with Crippen LogP contribution in [-0.2, 0) is 9.47 Å². The van der Waals surface area contributed by atoms with Crippen LogP contribution in [0.5, 0.6) is 0 Å². The monoisotopic (exact) mass is 353 g/mol. The van der Waals surface area contributed by atoms with E-state index in [9.17, 15) is 35.8 Å². The molecule has 10 heteroatoms. The lowest BCUT2D eigenvalue weighted by Crippen LogP contribution is -2.63. The van der Waals surface area contributed by atoms with E-state index in [1.165, 1.54) is 7.11 Å². The van der Waals surface area contributed by atoms with Gasteiger partial charge in [0.05, 0.1) is 37.8 Å². The van der Waals surface area contributed by atoms with Crippen LogP contribution in [0.2, 0.25) is 0 Å². The first kappa shape index (κ1) is 19.9. The fourth-order valence-electron chi connectivity index (χ4n) is 3.43. The number of quaternary nitrogens is 1. The van der Waals surface area contributed by atoms with Crippen molar-refractivity contribution in [2.24, 2.45) is 5.92 Å². The van der Waals surface area contributed by atoms with Crippen molar-refractivity contribution < 1.29 is 44.8 Å². The second-order valence-electron chi connectivity index (χ2n) is 6.69. The maximum atomic E-state index is 12.8. The Hall–Kier alpha value is -0.400. The van der Waals surface area contributed by atoms with Gasteiger partial charge in [0.25, 0.3) is 0 Å². The van der Waals surface area contributed by atoms with Gasteiger partial charge in [0.2, 0.25) is 0 Å². The summed E-state index contributed by atoms with van der Waals surface area (Å²) >= 11 is 0. The van der Waals surface area contributed by atoms with Crippen molar-refractivity contribution in [1.82, 2.24) is 0 Å². The Labute approximate surface area is 139 Å². The van der Waals surface area contributed by atoms with Gasteiger partial charge in [-0.3, -0.25) is 0 Å². The minimum absolute atomic E-state index is 0.0509. The van der Waals surface area contributed by atoms with Crippen molar-refractivity contribution >= 4 is 0 Å². The van der Waals surface area contributed by atoms with E-state index in [-0.39, 0.29) is 26.1 Å². The summed E-state index contributed by atoms with van der Waals surface area (Å²) in [5, 5.41) is 71.1. The van der Waals surface area contributed by atoms with Crippen LogP contribution in [0.1, 0.15) is 6.42 Å². The number of hydroxylamine groups is 3. The summed E-state index contributed by atoms with van der Waals surface area (Å²) in [5.74, 6) is -0.734. The highest BCUT2D eigenvalue weighted by molar-refractivity contribution is 4.89. The second-order valence-corrected chi connectivity index (χ2v) is 6.69. The molecule has 0 aromatic rings. The molecule has 2 aliphatic rings. The number of methoxy groups -OCH3 is 1. The molecule has 0 spiro atoms. The van der Waals surface area contributed by atoms with Crippen molar-refractivity contribution in [3.05, 3.63) is 5.21 Å². The third-order valence-corrected chi connectivity index (χ3v) is 4.92. The molecule has 1 unspecified atom stereocenters. The average molecular weight is 353 g/mol. The third kappa shape index (κ3) is 4.05. The summed E-state index contributed by atoms with van der Waals surface area (Å²) in [7, 11) is 1.28. The zero-order valence-electron chi connectivity index (χ0n) is 13.5. The van der Waals surface area contributed by atoms with Crippen molar-refractivity contribution in [2.75, 3.05) is 33.4 Å². The molecular weight excluding hydrogens is 326 g/mol. The van der Waals surface area contributed by atoms with Crippen LogP contribution in [0.3, 0.4) is 0 Å². The lowest BCUT2D eigenvalue weighted by Gasteiger charge is -2.51. The molecule has 10 nitrogen and oxygen atoms in total. The van der Waals surface area contributed by atoms with Gasteiger partial charge in [-0.05, 0) is 0 Å². The summed E-state index contributed by atoms with van der Waals surface area (Å²) in [4.78, 5) is 0. The van der Waals surface area contributed by atoms with Crippen LogP contribution in [-0.4, -0.2) is 112 Å². The fourth-order valence-corrected chi connectivity index (χ4v) is 3.43. The van der Waals surface area contributed by atoms with Gasteiger partial charge in [0, 0.05) is 13.5 Å². The summed E-state index contributed by atoms with van der Waals surface area (Å²) < 4.78 is 9.42. The second kappa shape index (κ2) is 7.87. The van der Waals surface area contributed by atoms with Gasteiger partial charge in [-0.25, -0.2) is 0 Å². The first-order chi connectivity index (χ1) is 11.2. The Morgan fingerprint density at radius 2 is 1.71 bits per heavy atom. The zero-order valence-corrected chi connectivity index (χ0v) is 13.5. The topological polar surface area (TPSA) is 163 Å². The lowest BCUT2D eigenvalue weighted by atomic mass is 9.91. The van der Waals surface area contributed by atoms with Gasteiger partial charge >= 0.3 is 0 Å². The molecule has 0 amide bonds. The molecule has 0 radical (unpaired) electrons. The molecule has 2 rings (SSSR count). The third-order valence-electron chi connectivity index (χ3n) is 4.92. The summed E-state index contributed by atoms with van der Waals surface area (Å²) in [6, 6.07) is 0. The van der Waals surface area contributed by atoms with E-state index in [2.05, 4.69) is 0 Å². The average Bonchev–Trinajstić information content (AvgIpc) is 2.55. The minimum atomic E-state index is -1.47. The Kier molecular flexibility index (Phi) is 6.53. The van der Waals surface area contributed by atoms with Crippen LogP contribution in [0.4, 0.5) is 0 Å². The van der Waals surface area contributed by atoms with E-state index >= 15 is 0 Å². The first-order valence-corrected chi connectivity index (χ1v) is 7.99. The minimum Gasteiger partial charge on any atom is -0.633 e. The highest BCUT2D eigenvalue weighted by atomic mass is 16.7. The molecule has 6 N–H and O–H groups in total. The van der Waals surface area contributed by atoms with Gasteiger partial charge in [0.1, 0.15) is 31.0 Å². The predicted octanol–water partition coefficient (Wildman–Crippen LogP) is -3.51. The Morgan fingerprint density at radius 1 is 1.04 bits per heavy atom. The van der Waals surface area contributed by atoms with E-state index in [0.29, 0.717) is 0 Å². The van der Waals surface area contributed by atoms with Crippen molar-refractivity contribution in [2.45, 2.75) is 49.3 Å². The smallest absolute Gasteiger partial charge is 0.186 e. The maximum Gasteiger partial charge on any atom is 0.186 e. The van der Waals surface area contributed by atoms with Crippen LogP contribution < -0.4 is 0 Å². The molecule has 24 heavy (non-hydrogen) atoms. The molecule has 0 bridgehead atoms. The van der Waals surface area contributed by atoms with E-state index in [1.807, 2.05) is 0 Å². The standard InChI is InChI=1S/C14H27NO9/c1-23-14-13(21)12(20)11(19)9(24-14)2-3-15(22)4-7(6-16)10(18)8(17)5-15/h7-14,16-21H,2-6H2,1H3/t7-,8-,9-,10-,11-,12+,13-,14+,15?/m1/s1. The summed E-state index contributed by atoms with van der Waals surface area (Å²) in [5.41, 5.74) is 0. The molecule has 2 fully saturated rings. The van der Waals surface area contributed by atoms with Crippen molar-refractivity contribution in [3.8, 4) is 0 Å². The number of hydrogen-bond acceptors (Lipinski definition) is 9. The highest BCUT2D eigenvalue weighted by Gasteiger charge is 2.45. The van der Waals surface area contributed by atoms with Gasteiger partial charge in [-0.1, -0.05) is 0 Å². The molecule has 2 aliphatic heterocycles. The van der Waals surface area contributed by atoms with Crippen molar-refractivity contribution in [1.29, 1.82) is 0 Å². The lowest BCUT2D eigenvalue weighted by molar-refractivity contribution is -0.895. The number of piperidine rings is 1. The number of nitrogens with zero attached hydrogens (tertiary/aromatic N) is 1. The molecule has 2 saturated heterocycles. The molecule has 2 heterocycles. The predicted molar refractivity (Wildman–Crippen MR) is 79.1 cm³/mol. The highest BCUT2D eigenvalue weighted by Crippen LogP contribution is 2.28. The number of aliphatic hydroxyl groups excluding tert-OH is 6. The summed E-state index contributed by atoms with van der Waals surface area (Å²) in [6.45, 7) is -0.781. The van der Waals surface area contributed by atoms with Gasteiger partial charge < -0.3 is 50.0 Å². The summed E-state index contributed by atoms with van der Waals surface area (Å²) in [6.07, 6.45) is -8.63. The van der Waals surface area contributed by atoms with Crippen LogP contribution >= 0.6 is 0 Å². The molecule has 0 saturated carbocycles. The molecule has 0 aliphatic carbocycles. The van der Waals surface area contributed by atoms with Crippen LogP contribution in [0, 0.1) is 11.1 Å². The van der Waals surface area contributed by atoms with E-state index in [4.69, 9.17) is 9.47 Å². The van der Waals surface area contributed by atoms with Gasteiger partial charge in [-0.15, -0.1) is 0 Å². The van der Waals surface area contributed by atoms with Crippen molar-refractivity contribution in [3.63, 3.8) is 0 Å². The van der Waals surface area contributed by atoms with E-state index in [1.54, 1.807) is 0 Å². The number of aliphatic hydroxyl groups is 6. The number of ether oxygens (including phenoxy) is 2. The van der Waals surface area contributed by atoms with E-state index < -0.39 is 60.1 Å². The normalized spacial score (nSPS) is 50.0. The maximum absolute atomic E-state index is 12.8. The van der Waals surface area contributed by atoms with Gasteiger partial charge in [0.15, 0.2) is 6.29 Å². The number of likely N-dealkylation sites (tertiary alicyclic amines) is 1. The molecular formula is C14H27NO9. The Morgan fingerprint density at radius 3 is 2.29 bits per heavy atom. The Balaban J connectivity index is 1.98. The van der Waals surface area contributed by atoms with Gasteiger partial charge in [-0.2, -0.15) is 0 Å². The SMILES string of the molecule is CO[C@H]1O[C@H](CC[N+]2([O-])C[C@H](CO)[C@@H](O)[C@H](O)C2)[C@@H](O)[C@H](O)[C@H]1O.